The van der Waals surface area contributed by atoms with Gasteiger partial charge in [-0.1, -0.05) is 33.6 Å². The Hall–Kier alpha value is -0.0800. The lowest BCUT2D eigenvalue weighted by Gasteiger charge is -2.26. The van der Waals surface area contributed by atoms with Crippen LogP contribution < -0.4 is 5.32 Å². The van der Waals surface area contributed by atoms with E-state index in [-0.39, 0.29) is 0 Å². The lowest BCUT2D eigenvalue weighted by atomic mass is 10.0. The summed E-state index contributed by atoms with van der Waals surface area (Å²) in [7, 11) is 0. The zero-order chi connectivity index (χ0) is 12.7. The van der Waals surface area contributed by atoms with E-state index in [2.05, 4.69) is 37.9 Å². The molecule has 0 spiro atoms. The van der Waals surface area contributed by atoms with Crippen molar-refractivity contribution in [1.82, 2.24) is 10.2 Å². The minimum Gasteiger partial charge on any atom is -0.313 e. The van der Waals surface area contributed by atoms with Gasteiger partial charge in [-0.15, -0.1) is 0 Å². The van der Waals surface area contributed by atoms with E-state index in [1.54, 1.807) is 0 Å². The van der Waals surface area contributed by atoms with E-state index in [0.29, 0.717) is 0 Å². The van der Waals surface area contributed by atoms with Crippen LogP contribution in [-0.2, 0) is 0 Å². The average Bonchev–Trinajstić information content (AvgIpc) is 3.17. The van der Waals surface area contributed by atoms with E-state index in [1.807, 2.05) is 0 Å². The monoisotopic (exact) mass is 240 g/mol. The van der Waals surface area contributed by atoms with Crippen LogP contribution in [0.1, 0.15) is 53.4 Å². The van der Waals surface area contributed by atoms with Gasteiger partial charge in [0.15, 0.2) is 0 Å². The van der Waals surface area contributed by atoms with Gasteiger partial charge in [0.25, 0.3) is 0 Å². The van der Waals surface area contributed by atoms with Crippen LogP contribution in [0.3, 0.4) is 0 Å². The molecule has 1 saturated carbocycles. The largest absolute Gasteiger partial charge is 0.313 e. The first-order chi connectivity index (χ1) is 8.21. The van der Waals surface area contributed by atoms with E-state index in [0.717, 1.165) is 24.4 Å². The summed E-state index contributed by atoms with van der Waals surface area (Å²) in [6.45, 7) is 14.1. The van der Waals surface area contributed by atoms with Crippen LogP contribution in [-0.4, -0.2) is 37.1 Å². The minimum absolute atomic E-state index is 0.738. The predicted octanol–water partition coefficient (Wildman–Crippen LogP) is 3.13. The topological polar surface area (TPSA) is 15.3 Å². The molecule has 1 fully saturated rings. The Kier molecular flexibility index (Phi) is 7.14. The summed E-state index contributed by atoms with van der Waals surface area (Å²) in [5.74, 6) is 1.86. The summed E-state index contributed by atoms with van der Waals surface area (Å²) in [5, 5.41) is 3.68. The Labute approximate surface area is 108 Å². The van der Waals surface area contributed by atoms with Crippen molar-refractivity contribution in [2.24, 2.45) is 11.8 Å². The van der Waals surface area contributed by atoms with Gasteiger partial charge in [-0.3, -0.25) is 0 Å². The Morgan fingerprint density at radius 2 is 1.82 bits per heavy atom. The van der Waals surface area contributed by atoms with E-state index in [9.17, 15) is 0 Å². The minimum atomic E-state index is 0.738. The first-order valence-electron chi connectivity index (χ1n) is 7.66. The van der Waals surface area contributed by atoms with E-state index in [4.69, 9.17) is 0 Å². The van der Waals surface area contributed by atoms with Gasteiger partial charge < -0.3 is 10.2 Å². The highest BCUT2D eigenvalue weighted by Gasteiger charge is 2.27. The Balaban J connectivity index is 2.12. The molecule has 0 radical (unpaired) electrons. The average molecular weight is 240 g/mol. The standard InChI is InChI=1S/C15H32N2/c1-5-14(6-2)12-17(7-3)11-10-16-13(4)15-8-9-15/h13-16H,5-12H2,1-4H3. The quantitative estimate of drug-likeness (QED) is 0.631. The molecule has 0 aliphatic heterocycles. The summed E-state index contributed by atoms with van der Waals surface area (Å²) in [5.41, 5.74) is 0. The summed E-state index contributed by atoms with van der Waals surface area (Å²) in [4.78, 5) is 2.60. The molecule has 0 heterocycles. The molecule has 1 aliphatic carbocycles. The third-order valence-corrected chi connectivity index (χ3v) is 4.34. The maximum absolute atomic E-state index is 3.68. The molecule has 0 bridgehead atoms. The normalized spacial score (nSPS) is 18.0. The molecule has 0 saturated heterocycles. The van der Waals surface area contributed by atoms with Crippen molar-refractivity contribution in [1.29, 1.82) is 0 Å². The molecule has 2 nitrogen and oxygen atoms in total. The number of nitrogens with one attached hydrogen (secondary N) is 1. The van der Waals surface area contributed by atoms with Crippen molar-refractivity contribution in [2.75, 3.05) is 26.2 Å². The maximum Gasteiger partial charge on any atom is 0.0107 e. The molecule has 0 aromatic rings. The van der Waals surface area contributed by atoms with Crippen molar-refractivity contribution in [3.05, 3.63) is 0 Å². The van der Waals surface area contributed by atoms with Crippen LogP contribution in [0.15, 0.2) is 0 Å². The first-order valence-corrected chi connectivity index (χ1v) is 7.66. The second-order valence-corrected chi connectivity index (χ2v) is 5.66. The van der Waals surface area contributed by atoms with Crippen molar-refractivity contribution in [2.45, 2.75) is 59.4 Å². The third-order valence-electron chi connectivity index (χ3n) is 4.34. The highest BCUT2D eigenvalue weighted by molar-refractivity contribution is 4.83. The lowest BCUT2D eigenvalue weighted by Crippen LogP contribution is -2.38. The fraction of sp³-hybridized carbons (Fsp3) is 1.00. The van der Waals surface area contributed by atoms with Crippen molar-refractivity contribution < 1.29 is 0 Å². The molecule has 0 aromatic carbocycles. The van der Waals surface area contributed by atoms with Gasteiger partial charge in [0.2, 0.25) is 0 Å². The Bertz CT molecular complexity index is 185. The van der Waals surface area contributed by atoms with Gasteiger partial charge in [-0.25, -0.2) is 0 Å². The molecule has 1 aliphatic rings. The van der Waals surface area contributed by atoms with Crippen molar-refractivity contribution in [3.8, 4) is 0 Å². The van der Waals surface area contributed by atoms with E-state index in [1.165, 1.54) is 45.3 Å². The summed E-state index contributed by atoms with van der Waals surface area (Å²) < 4.78 is 0. The van der Waals surface area contributed by atoms with Crippen LogP contribution in [0, 0.1) is 11.8 Å². The summed E-state index contributed by atoms with van der Waals surface area (Å²) in [6, 6.07) is 0.738. The molecule has 17 heavy (non-hydrogen) atoms. The molecule has 1 atom stereocenters. The first kappa shape index (κ1) is 15.0. The number of rotatable bonds is 10. The molecule has 2 heteroatoms. The molecule has 1 rings (SSSR count). The van der Waals surface area contributed by atoms with Crippen molar-refractivity contribution >= 4 is 0 Å². The number of likely N-dealkylation sites (N-methyl/N-ethyl adjacent to an activating group) is 1. The maximum atomic E-state index is 3.68. The fourth-order valence-electron chi connectivity index (χ4n) is 2.50. The van der Waals surface area contributed by atoms with Gasteiger partial charge in [0.1, 0.15) is 0 Å². The fourth-order valence-corrected chi connectivity index (χ4v) is 2.50. The SMILES string of the molecule is CCC(CC)CN(CC)CCNC(C)C1CC1. The van der Waals surface area contributed by atoms with E-state index >= 15 is 0 Å². The Morgan fingerprint density at radius 1 is 1.18 bits per heavy atom. The zero-order valence-electron chi connectivity index (χ0n) is 12.3. The third kappa shape index (κ3) is 5.87. The molecule has 0 aromatic heterocycles. The van der Waals surface area contributed by atoms with Gasteiger partial charge in [0.05, 0.1) is 0 Å². The Morgan fingerprint density at radius 3 is 2.29 bits per heavy atom. The zero-order valence-corrected chi connectivity index (χ0v) is 12.3. The smallest absolute Gasteiger partial charge is 0.0107 e. The molecule has 1 N–H and O–H groups in total. The molecule has 0 amide bonds. The number of nitrogens with zero attached hydrogens (tertiary/aromatic N) is 1. The van der Waals surface area contributed by atoms with Gasteiger partial charge in [-0.2, -0.15) is 0 Å². The highest BCUT2D eigenvalue weighted by Crippen LogP contribution is 2.32. The van der Waals surface area contributed by atoms with Crippen LogP contribution in [0.25, 0.3) is 0 Å². The second kappa shape index (κ2) is 8.10. The summed E-state index contributed by atoms with van der Waals surface area (Å²) in [6.07, 6.45) is 5.52. The van der Waals surface area contributed by atoms with E-state index < -0.39 is 0 Å². The molecular formula is C15H32N2. The van der Waals surface area contributed by atoms with Crippen LogP contribution in [0.2, 0.25) is 0 Å². The molecule has 1 unspecified atom stereocenters. The van der Waals surface area contributed by atoms with Crippen LogP contribution in [0.4, 0.5) is 0 Å². The van der Waals surface area contributed by atoms with Crippen molar-refractivity contribution in [3.63, 3.8) is 0 Å². The summed E-state index contributed by atoms with van der Waals surface area (Å²) >= 11 is 0. The van der Waals surface area contributed by atoms with Gasteiger partial charge in [0, 0.05) is 25.7 Å². The highest BCUT2D eigenvalue weighted by atomic mass is 15.1. The van der Waals surface area contributed by atoms with Crippen LogP contribution >= 0.6 is 0 Å². The van der Waals surface area contributed by atoms with Gasteiger partial charge >= 0.3 is 0 Å². The lowest BCUT2D eigenvalue weighted by molar-refractivity contribution is 0.230. The van der Waals surface area contributed by atoms with Crippen LogP contribution in [0.5, 0.6) is 0 Å². The van der Waals surface area contributed by atoms with Gasteiger partial charge in [-0.05, 0) is 38.1 Å². The number of hydrogen-bond acceptors (Lipinski definition) is 2. The second-order valence-electron chi connectivity index (χ2n) is 5.66. The predicted molar refractivity (Wildman–Crippen MR) is 76.4 cm³/mol. The molecule has 102 valence electrons. The number of hydrogen-bond donors (Lipinski definition) is 1. The molecular weight excluding hydrogens is 208 g/mol.